The summed E-state index contributed by atoms with van der Waals surface area (Å²) in [6.07, 6.45) is 2.94. The Morgan fingerprint density at radius 3 is 2.62 bits per heavy atom. The average molecular weight is 465 g/mol. The number of aromatic nitrogens is 2. The zero-order valence-corrected chi connectivity index (χ0v) is 20.2. The van der Waals surface area contributed by atoms with E-state index in [4.69, 9.17) is 9.47 Å². The number of carbonyl (C=O) groups is 1. The molecule has 1 saturated heterocycles. The first-order valence-electron chi connectivity index (χ1n) is 11.1. The Morgan fingerprint density at radius 1 is 1.31 bits per heavy atom. The minimum atomic E-state index is -0.596. The van der Waals surface area contributed by atoms with Gasteiger partial charge in [0.1, 0.15) is 10.4 Å². The Balaban J connectivity index is 1.68. The first-order valence-corrected chi connectivity index (χ1v) is 11.9. The van der Waals surface area contributed by atoms with Crippen molar-refractivity contribution in [1.29, 1.82) is 0 Å². The highest BCUT2D eigenvalue weighted by Crippen LogP contribution is 2.41. The Hall–Kier alpha value is -2.17. The summed E-state index contributed by atoms with van der Waals surface area (Å²) in [6, 6.07) is 0. The van der Waals surface area contributed by atoms with Gasteiger partial charge in [-0.15, -0.1) is 11.3 Å². The highest BCUT2D eigenvalue weighted by molar-refractivity contribution is 7.18. The van der Waals surface area contributed by atoms with Crippen molar-refractivity contribution in [3.8, 4) is 0 Å². The number of nitrogens with one attached hydrogen (secondary N) is 2. The molecule has 1 amide bonds. The summed E-state index contributed by atoms with van der Waals surface area (Å²) in [7, 11) is 0. The molecule has 32 heavy (non-hydrogen) atoms. The fourth-order valence-electron chi connectivity index (χ4n) is 4.09. The van der Waals surface area contributed by atoms with Crippen molar-refractivity contribution in [2.24, 2.45) is 0 Å². The molecule has 0 aromatic carbocycles. The summed E-state index contributed by atoms with van der Waals surface area (Å²) in [5.41, 5.74) is 4.74. The number of hydrogen-bond donors (Lipinski definition) is 2. The highest BCUT2D eigenvalue weighted by Gasteiger charge is 2.43. The van der Waals surface area contributed by atoms with Crippen molar-refractivity contribution in [3.05, 3.63) is 31.3 Å². The van der Waals surface area contributed by atoms with Crippen molar-refractivity contribution in [1.82, 2.24) is 20.0 Å². The van der Waals surface area contributed by atoms with E-state index in [1.54, 1.807) is 25.3 Å². The first-order chi connectivity index (χ1) is 15.0. The molecule has 3 heterocycles. The van der Waals surface area contributed by atoms with E-state index in [9.17, 15) is 14.4 Å². The Labute approximate surface area is 190 Å². The topological polar surface area (TPSA) is 104 Å². The van der Waals surface area contributed by atoms with Gasteiger partial charge in [-0.1, -0.05) is 0 Å². The van der Waals surface area contributed by atoms with Crippen LogP contribution in [0.5, 0.6) is 0 Å². The van der Waals surface area contributed by atoms with Gasteiger partial charge in [-0.3, -0.25) is 19.4 Å². The van der Waals surface area contributed by atoms with Crippen LogP contribution in [0.1, 0.15) is 63.8 Å². The largest absolute Gasteiger partial charge is 0.443 e. The van der Waals surface area contributed by atoms with Crippen LogP contribution in [0.25, 0.3) is 10.2 Å². The molecule has 9 nitrogen and oxygen atoms in total. The normalized spacial score (nSPS) is 20.0. The number of carbonyl (C=O) groups excluding carboxylic acids is 1. The highest BCUT2D eigenvalue weighted by atomic mass is 32.1. The van der Waals surface area contributed by atoms with Gasteiger partial charge >= 0.3 is 11.8 Å². The van der Waals surface area contributed by atoms with Crippen LogP contribution < -0.4 is 22.1 Å². The number of fused-ring (bicyclic) bond motifs is 1. The molecule has 2 N–H and O–H groups in total. The number of rotatable bonds is 6. The van der Waals surface area contributed by atoms with E-state index < -0.39 is 17.2 Å². The van der Waals surface area contributed by atoms with Crippen LogP contribution in [0.3, 0.4) is 0 Å². The van der Waals surface area contributed by atoms with Crippen LogP contribution in [0, 0.1) is 6.92 Å². The van der Waals surface area contributed by atoms with Gasteiger partial charge in [-0.25, -0.2) is 15.0 Å². The second-order valence-corrected chi connectivity index (χ2v) is 11.1. The molecular formula is C22H32N4O5S. The molecule has 1 saturated carbocycles. The lowest BCUT2D eigenvalue weighted by molar-refractivity contribution is 0.0497. The van der Waals surface area contributed by atoms with E-state index in [1.807, 2.05) is 13.8 Å². The van der Waals surface area contributed by atoms with Crippen molar-refractivity contribution in [3.63, 3.8) is 0 Å². The standard InChI is InChI=1S/C22H32N4O5S/c1-13-15(11-23-24-19(28)31-21(2,3)4)32-18-16(13)17(27)26(22(5)8-9-22)20(29)25(18)12-14-7-6-10-30-14/h14,23H,6-12H2,1-5H3,(H,24,28)/t14-/m1/s1. The number of amides is 1. The monoisotopic (exact) mass is 464 g/mol. The molecule has 1 aliphatic carbocycles. The summed E-state index contributed by atoms with van der Waals surface area (Å²) in [5.74, 6) is 0. The molecule has 0 radical (unpaired) electrons. The van der Waals surface area contributed by atoms with Crippen molar-refractivity contribution >= 4 is 27.6 Å². The lowest BCUT2D eigenvalue weighted by Gasteiger charge is -2.19. The van der Waals surface area contributed by atoms with Crippen molar-refractivity contribution in [2.75, 3.05) is 6.61 Å². The van der Waals surface area contributed by atoms with Crippen LogP contribution in [-0.2, 0) is 28.1 Å². The second-order valence-electron chi connectivity index (χ2n) is 9.98. The number of hydrazine groups is 1. The summed E-state index contributed by atoms with van der Waals surface area (Å²) in [5, 5.41) is 0.579. The fraction of sp³-hybridized carbons (Fsp3) is 0.682. The number of thiophene rings is 1. The quantitative estimate of drug-likeness (QED) is 0.637. The van der Waals surface area contributed by atoms with Gasteiger partial charge in [-0.05, 0) is 65.9 Å². The molecule has 0 spiro atoms. The van der Waals surface area contributed by atoms with E-state index in [2.05, 4.69) is 10.9 Å². The third-order valence-corrected chi connectivity index (χ3v) is 7.39. The molecule has 0 unspecified atom stereocenters. The van der Waals surface area contributed by atoms with Gasteiger partial charge in [0.25, 0.3) is 5.56 Å². The molecule has 1 aliphatic heterocycles. The van der Waals surface area contributed by atoms with Crippen LogP contribution in [-0.4, -0.2) is 33.5 Å². The summed E-state index contributed by atoms with van der Waals surface area (Å²) in [6.45, 7) is 10.7. The second kappa shape index (κ2) is 8.31. The van der Waals surface area contributed by atoms with Crippen molar-refractivity contribution in [2.45, 2.75) is 90.6 Å². The Bertz CT molecular complexity index is 1150. The fourth-order valence-corrected chi connectivity index (χ4v) is 5.33. The Kier molecular flexibility index (Phi) is 5.98. The molecule has 2 aromatic rings. The number of ether oxygens (including phenoxy) is 2. The zero-order chi connectivity index (χ0) is 23.3. The average Bonchev–Trinajstić information content (AvgIpc) is 3.09. The van der Waals surface area contributed by atoms with E-state index in [1.165, 1.54) is 15.9 Å². The number of aryl methyl sites for hydroxylation is 1. The van der Waals surface area contributed by atoms with Gasteiger partial charge < -0.3 is 9.47 Å². The van der Waals surface area contributed by atoms with Crippen LogP contribution in [0.15, 0.2) is 9.59 Å². The molecule has 2 aromatic heterocycles. The number of hydrogen-bond acceptors (Lipinski definition) is 7. The van der Waals surface area contributed by atoms with Crippen LogP contribution in [0.4, 0.5) is 4.79 Å². The molecule has 1 atom stereocenters. The SMILES string of the molecule is Cc1c(CNNC(=O)OC(C)(C)C)sc2c1c(=O)n(C1(C)CC1)c(=O)n2C[C@H]1CCCO1. The smallest absolute Gasteiger partial charge is 0.422 e. The summed E-state index contributed by atoms with van der Waals surface area (Å²) >= 11 is 1.41. The molecule has 4 rings (SSSR count). The minimum absolute atomic E-state index is 0.0216. The summed E-state index contributed by atoms with van der Waals surface area (Å²) in [4.78, 5) is 40.3. The van der Waals surface area contributed by atoms with Gasteiger partial charge in [0.2, 0.25) is 0 Å². The first kappa shape index (κ1) is 23.0. The Morgan fingerprint density at radius 2 is 2.03 bits per heavy atom. The molecule has 2 fully saturated rings. The third-order valence-electron chi connectivity index (χ3n) is 6.07. The van der Waals surface area contributed by atoms with E-state index in [-0.39, 0.29) is 17.4 Å². The maximum absolute atomic E-state index is 13.4. The molecule has 176 valence electrons. The van der Waals surface area contributed by atoms with Crippen molar-refractivity contribution < 1.29 is 14.3 Å². The third kappa shape index (κ3) is 4.49. The number of nitrogens with zero attached hydrogens (tertiary/aromatic N) is 2. The van der Waals surface area contributed by atoms with E-state index in [0.717, 1.165) is 36.1 Å². The van der Waals surface area contributed by atoms with E-state index in [0.29, 0.717) is 29.9 Å². The predicted octanol–water partition coefficient (Wildman–Crippen LogP) is 2.75. The van der Waals surface area contributed by atoms with Gasteiger partial charge in [-0.2, -0.15) is 0 Å². The maximum Gasteiger partial charge on any atom is 0.422 e. The van der Waals surface area contributed by atoms with Crippen LogP contribution >= 0.6 is 11.3 Å². The van der Waals surface area contributed by atoms with Crippen LogP contribution in [0.2, 0.25) is 0 Å². The zero-order valence-electron chi connectivity index (χ0n) is 19.4. The van der Waals surface area contributed by atoms with Gasteiger partial charge in [0, 0.05) is 18.0 Å². The van der Waals surface area contributed by atoms with Gasteiger partial charge in [0.05, 0.1) is 23.6 Å². The minimum Gasteiger partial charge on any atom is -0.443 e. The lowest BCUT2D eigenvalue weighted by atomic mass is 10.2. The molecule has 10 heteroatoms. The maximum atomic E-state index is 13.4. The molecule has 2 aliphatic rings. The predicted molar refractivity (Wildman–Crippen MR) is 123 cm³/mol. The van der Waals surface area contributed by atoms with E-state index >= 15 is 0 Å². The molecular weight excluding hydrogens is 432 g/mol. The van der Waals surface area contributed by atoms with Gasteiger partial charge in [0.15, 0.2) is 0 Å². The lowest BCUT2D eigenvalue weighted by Crippen LogP contribution is -2.45. The molecule has 0 bridgehead atoms. The summed E-state index contributed by atoms with van der Waals surface area (Å²) < 4.78 is 14.2.